The Labute approximate surface area is 100 Å². The van der Waals surface area contributed by atoms with Crippen molar-refractivity contribution in [1.82, 2.24) is 5.32 Å². The molecule has 92 valence electrons. The molecule has 0 bridgehead atoms. The summed E-state index contributed by atoms with van der Waals surface area (Å²) in [5.74, 6) is 1.90. The van der Waals surface area contributed by atoms with Gasteiger partial charge in [0.15, 0.2) is 0 Å². The highest BCUT2D eigenvalue weighted by Crippen LogP contribution is 2.30. The van der Waals surface area contributed by atoms with E-state index in [1.54, 1.807) is 0 Å². The zero-order chi connectivity index (χ0) is 11.6. The summed E-state index contributed by atoms with van der Waals surface area (Å²) in [6.07, 6.45) is 10.0. The SMILES string of the molecule is CCC1CCCC(CNCCCCC#N)C1. The van der Waals surface area contributed by atoms with Crippen LogP contribution < -0.4 is 5.32 Å². The van der Waals surface area contributed by atoms with E-state index in [-0.39, 0.29) is 0 Å². The lowest BCUT2D eigenvalue weighted by molar-refractivity contribution is 0.254. The maximum absolute atomic E-state index is 8.41. The second-order valence-corrected chi connectivity index (χ2v) is 5.13. The van der Waals surface area contributed by atoms with Gasteiger partial charge in [-0.15, -0.1) is 0 Å². The third kappa shape index (κ3) is 5.51. The first-order chi connectivity index (χ1) is 7.86. The number of hydrogen-bond acceptors (Lipinski definition) is 2. The minimum absolute atomic E-state index is 0.711. The highest BCUT2D eigenvalue weighted by molar-refractivity contribution is 4.74. The Bertz CT molecular complexity index is 207. The summed E-state index contributed by atoms with van der Waals surface area (Å²) in [7, 11) is 0. The average molecular weight is 222 g/mol. The molecule has 1 saturated carbocycles. The molecular weight excluding hydrogens is 196 g/mol. The number of nitrogens with zero attached hydrogens (tertiary/aromatic N) is 1. The molecule has 0 aromatic heterocycles. The lowest BCUT2D eigenvalue weighted by Gasteiger charge is -2.28. The van der Waals surface area contributed by atoms with Crippen molar-refractivity contribution in [3.05, 3.63) is 0 Å². The molecule has 1 N–H and O–H groups in total. The largest absolute Gasteiger partial charge is 0.316 e. The summed E-state index contributed by atoms with van der Waals surface area (Å²) in [4.78, 5) is 0. The van der Waals surface area contributed by atoms with E-state index in [4.69, 9.17) is 5.26 Å². The quantitative estimate of drug-likeness (QED) is 0.669. The molecule has 1 aliphatic carbocycles. The van der Waals surface area contributed by atoms with E-state index in [1.807, 2.05) is 0 Å². The molecule has 0 aromatic rings. The molecule has 1 rings (SSSR count). The normalized spacial score (nSPS) is 25.2. The van der Waals surface area contributed by atoms with E-state index in [1.165, 1.54) is 38.6 Å². The number of unbranched alkanes of at least 4 members (excludes halogenated alkanes) is 2. The number of rotatable bonds is 7. The zero-order valence-corrected chi connectivity index (χ0v) is 10.7. The summed E-state index contributed by atoms with van der Waals surface area (Å²) >= 11 is 0. The van der Waals surface area contributed by atoms with Gasteiger partial charge in [-0.05, 0) is 50.6 Å². The Hall–Kier alpha value is -0.550. The molecule has 0 spiro atoms. The third-order valence-corrected chi connectivity index (χ3v) is 3.79. The molecule has 0 saturated heterocycles. The summed E-state index contributed by atoms with van der Waals surface area (Å²) in [5, 5.41) is 12.0. The Morgan fingerprint density at radius 3 is 2.81 bits per heavy atom. The predicted octanol–water partition coefficient (Wildman–Crippen LogP) is 3.49. The second-order valence-electron chi connectivity index (χ2n) is 5.13. The molecule has 2 unspecified atom stereocenters. The van der Waals surface area contributed by atoms with Crippen molar-refractivity contribution in [3.63, 3.8) is 0 Å². The van der Waals surface area contributed by atoms with Crippen LogP contribution in [0.25, 0.3) is 0 Å². The van der Waals surface area contributed by atoms with Crippen molar-refractivity contribution in [3.8, 4) is 6.07 Å². The predicted molar refractivity (Wildman–Crippen MR) is 68.1 cm³/mol. The number of nitrogens with one attached hydrogen (secondary N) is 1. The Morgan fingerprint density at radius 2 is 2.06 bits per heavy atom. The summed E-state index contributed by atoms with van der Waals surface area (Å²) in [6, 6.07) is 2.19. The Morgan fingerprint density at radius 1 is 1.25 bits per heavy atom. The van der Waals surface area contributed by atoms with Crippen molar-refractivity contribution in [2.45, 2.75) is 58.3 Å². The molecule has 0 heterocycles. The fourth-order valence-corrected chi connectivity index (χ4v) is 2.72. The van der Waals surface area contributed by atoms with E-state index < -0.39 is 0 Å². The fourth-order valence-electron chi connectivity index (χ4n) is 2.72. The smallest absolute Gasteiger partial charge is 0.0621 e. The standard InChI is InChI=1S/C14H26N2/c1-2-13-7-6-8-14(11-13)12-16-10-5-3-4-9-15/h13-14,16H,2-8,10-12H2,1H3. The van der Waals surface area contributed by atoms with Crippen molar-refractivity contribution >= 4 is 0 Å². The first-order valence-corrected chi connectivity index (χ1v) is 6.94. The molecule has 0 amide bonds. The highest BCUT2D eigenvalue weighted by atomic mass is 14.9. The van der Waals surface area contributed by atoms with Gasteiger partial charge in [0.2, 0.25) is 0 Å². The number of nitriles is 1. The molecule has 2 nitrogen and oxygen atoms in total. The molecule has 0 radical (unpaired) electrons. The molecule has 1 fully saturated rings. The van der Waals surface area contributed by atoms with Crippen molar-refractivity contribution in [2.75, 3.05) is 13.1 Å². The van der Waals surface area contributed by atoms with Crippen LogP contribution in [0.4, 0.5) is 0 Å². The van der Waals surface area contributed by atoms with Gasteiger partial charge in [0.05, 0.1) is 6.07 Å². The van der Waals surface area contributed by atoms with E-state index in [2.05, 4.69) is 18.3 Å². The van der Waals surface area contributed by atoms with Gasteiger partial charge in [0.25, 0.3) is 0 Å². The summed E-state index contributed by atoms with van der Waals surface area (Å²) in [5.41, 5.74) is 0. The first-order valence-electron chi connectivity index (χ1n) is 6.94. The van der Waals surface area contributed by atoms with Gasteiger partial charge in [-0.1, -0.05) is 26.2 Å². The lowest BCUT2D eigenvalue weighted by Crippen LogP contribution is -2.27. The van der Waals surface area contributed by atoms with Gasteiger partial charge < -0.3 is 5.32 Å². The fraction of sp³-hybridized carbons (Fsp3) is 0.929. The van der Waals surface area contributed by atoms with E-state index in [9.17, 15) is 0 Å². The van der Waals surface area contributed by atoms with Crippen LogP contribution in [0.5, 0.6) is 0 Å². The minimum atomic E-state index is 0.711. The van der Waals surface area contributed by atoms with Crippen LogP contribution in [0.3, 0.4) is 0 Å². The second kappa shape index (κ2) is 8.58. The van der Waals surface area contributed by atoms with Gasteiger partial charge in [-0.3, -0.25) is 0 Å². The molecule has 0 aliphatic heterocycles. The third-order valence-electron chi connectivity index (χ3n) is 3.79. The minimum Gasteiger partial charge on any atom is -0.316 e. The van der Waals surface area contributed by atoms with Crippen LogP contribution in [0, 0.1) is 23.2 Å². The molecule has 2 atom stereocenters. The summed E-state index contributed by atoms with van der Waals surface area (Å²) in [6.45, 7) is 4.61. The molecule has 0 aromatic carbocycles. The van der Waals surface area contributed by atoms with Gasteiger partial charge >= 0.3 is 0 Å². The highest BCUT2D eigenvalue weighted by Gasteiger charge is 2.19. The topological polar surface area (TPSA) is 35.8 Å². The number of hydrogen-bond donors (Lipinski definition) is 1. The van der Waals surface area contributed by atoms with E-state index in [0.29, 0.717) is 6.42 Å². The van der Waals surface area contributed by atoms with E-state index in [0.717, 1.165) is 31.2 Å². The zero-order valence-electron chi connectivity index (χ0n) is 10.7. The monoisotopic (exact) mass is 222 g/mol. The van der Waals surface area contributed by atoms with Gasteiger partial charge in [0.1, 0.15) is 0 Å². The first kappa shape index (κ1) is 13.5. The Kier molecular flexibility index (Phi) is 7.25. The van der Waals surface area contributed by atoms with Gasteiger partial charge in [-0.2, -0.15) is 5.26 Å². The van der Waals surface area contributed by atoms with Crippen LogP contribution in [0.1, 0.15) is 58.3 Å². The molecule has 2 heteroatoms. The van der Waals surface area contributed by atoms with Gasteiger partial charge in [0, 0.05) is 6.42 Å². The summed E-state index contributed by atoms with van der Waals surface area (Å²) < 4.78 is 0. The van der Waals surface area contributed by atoms with Crippen LogP contribution in [-0.2, 0) is 0 Å². The maximum Gasteiger partial charge on any atom is 0.0621 e. The van der Waals surface area contributed by atoms with Crippen molar-refractivity contribution < 1.29 is 0 Å². The molecule has 16 heavy (non-hydrogen) atoms. The van der Waals surface area contributed by atoms with Gasteiger partial charge in [-0.25, -0.2) is 0 Å². The molecule has 1 aliphatic rings. The van der Waals surface area contributed by atoms with Crippen molar-refractivity contribution in [1.29, 1.82) is 5.26 Å². The van der Waals surface area contributed by atoms with Crippen LogP contribution >= 0.6 is 0 Å². The van der Waals surface area contributed by atoms with Crippen LogP contribution in [0.15, 0.2) is 0 Å². The van der Waals surface area contributed by atoms with Crippen molar-refractivity contribution in [2.24, 2.45) is 11.8 Å². The Balaban J connectivity index is 1.98. The molecular formula is C14H26N2. The lowest BCUT2D eigenvalue weighted by atomic mass is 9.80. The van der Waals surface area contributed by atoms with Crippen LogP contribution in [-0.4, -0.2) is 13.1 Å². The van der Waals surface area contributed by atoms with E-state index >= 15 is 0 Å². The van der Waals surface area contributed by atoms with Crippen LogP contribution in [0.2, 0.25) is 0 Å². The maximum atomic E-state index is 8.41. The average Bonchev–Trinajstić information content (AvgIpc) is 2.34.